The van der Waals surface area contributed by atoms with Gasteiger partial charge >= 0.3 is 6.03 Å². The van der Waals surface area contributed by atoms with Crippen molar-refractivity contribution in [3.8, 4) is 5.75 Å². The average Bonchev–Trinajstić information content (AvgIpc) is 2.90. The van der Waals surface area contributed by atoms with Crippen molar-refractivity contribution in [2.24, 2.45) is 0 Å². The highest BCUT2D eigenvalue weighted by Gasteiger charge is 2.15. The van der Waals surface area contributed by atoms with Gasteiger partial charge in [0.1, 0.15) is 5.75 Å². The Hall–Kier alpha value is -2.17. The Morgan fingerprint density at radius 3 is 2.83 bits per heavy atom. The zero-order valence-corrected chi connectivity index (χ0v) is 14.6. The van der Waals surface area contributed by atoms with Gasteiger partial charge in [-0.25, -0.2) is 4.79 Å². The molecule has 0 aliphatic heterocycles. The number of aromatic amines is 1. The van der Waals surface area contributed by atoms with Gasteiger partial charge in [0.2, 0.25) is 0 Å². The highest BCUT2D eigenvalue weighted by Crippen LogP contribution is 2.26. The summed E-state index contributed by atoms with van der Waals surface area (Å²) in [6, 6.07) is 6.34. The van der Waals surface area contributed by atoms with Crippen LogP contribution in [0.2, 0.25) is 0 Å². The van der Waals surface area contributed by atoms with Gasteiger partial charge in [0.25, 0.3) is 0 Å². The van der Waals surface area contributed by atoms with Crippen LogP contribution in [0.15, 0.2) is 18.2 Å². The van der Waals surface area contributed by atoms with Crippen LogP contribution in [0.5, 0.6) is 5.75 Å². The third-order valence-electron chi connectivity index (χ3n) is 4.93. The summed E-state index contributed by atoms with van der Waals surface area (Å²) < 4.78 is 5.32. The molecule has 1 aliphatic rings. The summed E-state index contributed by atoms with van der Waals surface area (Å²) in [5.41, 5.74) is 3.49. The van der Waals surface area contributed by atoms with Crippen molar-refractivity contribution in [3.63, 3.8) is 0 Å². The Morgan fingerprint density at radius 2 is 2.08 bits per heavy atom. The Balaban J connectivity index is 1.57. The van der Waals surface area contributed by atoms with Crippen LogP contribution in [0.4, 0.5) is 4.79 Å². The van der Waals surface area contributed by atoms with E-state index in [1.54, 1.807) is 7.11 Å². The number of fused-ring (bicyclic) bond motifs is 1. The molecule has 5 nitrogen and oxygen atoms in total. The summed E-state index contributed by atoms with van der Waals surface area (Å²) >= 11 is 0. The van der Waals surface area contributed by atoms with E-state index in [9.17, 15) is 4.79 Å². The Morgan fingerprint density at radius 1 is 1.29 bits per heavy atom. The van der Waals surface area contributed by atoms with Crippen molar-refractivity contribution in [3.05, 3.63) is 29.5 Å². The largest absolute Gasteiger partial charge is 0.497 e. The summed E-state index contributed by atoms with van der Waals surface area (Å²) in [5.74, 6) is 0.853. The fraction of sp³-hybridized carbons (Fsp3) is 0.526. The molecule has 24 heavy (non-hydrogen) atoms. The lowest BCUT2D eigenvalue weighted by atomic mass is 9.96. The standard InChI is InChI=1S/C19H27N3O2/c1-13-16(17-12-15(24-2)8-9-18(17)21-13)10-11-20-19(23)22-14-6-4-3-5-7-14/h8-9,12,14,21H,3-7,10-11H2,1-2H3,(H2,20,22,23). The second kappa shape index (κ2) is 7.60. The maximum Gasteiger partial charge on any atom is 0.315 e. The highest BCUT2D eigenvalue weighted by molar-refractivity contribution is 5.86. The van der Waals surface area contributed by atoms with Gasteiger partial charge in [0, 0.05) is 29.2 Å². The number of benzene rings is 1. The number of aromatic nitrogens is 1. The van der Waals surface area contributed by atoms with Crippen molar-refractivity contribution in [2.45, 2.75) is 51.5 Å². The monoisotopic (exact) mass is 329 g/mol. The first-order chi connectivity index (χ1) is 11.7. The maximum atomic E-state index is 12.0. The lowest BCUT2D eigenvalue weighted by molar-refractivity contribution is 0.233. The molecule has 3 N–H and O–H groups in total. The van der Waals surface area contributed by atoms with E-state index in [1.165, 1.54) is 30.2 Å². The summed E-state index contributed by atoms with van der Waals surface area (Å²) in [7, 11) is 1.68. The zero-order valence-electron chi connectivity index (χ0n) is 14.6. The quantitative estimate of drug-likeness (QED) is 0.784. The van der Waals surface area contributed by atoms with Crippen LogP contribution in [-0.4, -0.2) is 30.7 Å². The lowest BCUT2D eigenvalue weighted by Crippen LogP contribution is -2.43. The minimum atomic E-state index is -0.0445. The topological polar surface area (TPSA) is 66.1 Å². The second-order valence-corrected chi connectivity index (χ2v) is 6.63. The van der Waals surface area contributed by atoms with E-state index in [2.05, 4.69) is 28.6 Å². The lowest BCUT2D eigenvalue weighted by Gasteiger charge is -2.22. The van der Waals surface area contributed by atoms with E-state index < -0.39 is 0 Å². The van der Waals surface area contributed by atoms with Gasteiger partial charge in [0.05, 0.1) is 7.11 Å². The number of rotatable bonds is 5. The first-order valence-corrected chi connectivity index (χ1v) is 8.87. The van der Waals surface area contributed by atoms with Gasteiger partial charge in [-0.1, -0.05) is 19.3 Å². The van der Waals surface area contributed by atoms with E-state index in [-0.39, 0.29) is 6.03 Å². The summed E-state index contributed by atoms with van der Waals surface area (Å²) in [6.07, 6.45) is 6.76. The molecule has 0 spiro atoms. The summed E-state index contributed by atoms with van der Waals surface area (Å²) in [5, 5.41) is 7.25. The van der Waals surface area contributed by atoms with Crippen LogP contribution >= 0.6 is 0 Å². The molecular weight excluding hydrogens is 302 g/mol. The highest BCUT2D eigenvalue weighted by atomic mass is 16.5. The van der Waals surface area contributed by atoms with Crippen molar-refractivity contribution < 1.29 is 9.53 Å². The number of carbonyl (C=O) groups excluding carboxylic acids is 1. The third-order valence-corrected chi connectivity index (χ3v) is 4.93. The molecule has 130 valence electrons. The Bertz CT molecular complexity index is 702. The molecule has 2 aromatic rings. The van der Waals surface area contributed by atoms with E-state index in [0.29, 0.717) is 12.6 Å². The number of hydrogen-bond acceptors (Lipinski definition) is 2. The predicted octanol–water partition coefficient (Wildman–Crippen LogP) is 3.66. The van der Waals surface area contributed by atoms with Gasteiger partial charge in [-0.15, -0.1) is 0 Å². The van der Waals surface area contributed by atoms with Gasteiger partial charge in [0.15, 0.2) is 0 Å². The molecular formula is C19H27N3O2. The average molecular weight is 329 g/mol. The predicted molar refractivity (Wildman–Crippen MR) is 96.7 cm³/mol. The fourth-order valence-corrected chi connectivity index (χ4v) is 3.60. The molecule has 1 heterocycles. The number of H-pyrrole nitrogens is 1. The number of urea groups is 1. The van der Waals surface area contributed by atoms with Crippen molar-refractivity contribution in [2.75, 3.05) is 13.7 Å². The Kier molecular flexibility index (Phi) is 5.28. The molecule has 5 heteroatoms. The number of aryl methyl sites for hydroxylation is 1. The van der Waals surface area contributed by atoms with Crippen molar-refractivity contribution in [1.82, 2.24) is 15.6 Å². The van der Waals surface area contributed by atoms with E-state index in [1.807, 2.05) is 12.1 Å². The second-order valence-electron chi connectivity index (χ2n) is 6.63. The molecule has 1 saturated carbocycles. The number of amides is 2. The van der Waals surface area contributed by atoms with Crippen LogP contribution in [0, 0.1) is 6.92 Å². The summed E-state index contributed by atoms with van der Waals surface area (Å²) in [4.78, 5) is 15.4. The smallest absolute Gasteiger partial charge is 0.315 e. The summed E-state index contributed by atoms with van der Waals surface area (Å²) in [6.45, 7) is 2.70. The van der Waals surface area contributed by atoms with Crippen molar-refractivity contribution >= 4 is 16.9 Å². The number of hydrogen-bond donors (Lipinski definition) is 3. The number of methoxy groups -OCH3 is 1. The van der Waals surface area contributed by atoms with Crippen LogP contribution < -0.4 is 15.4 Å². The van der Waals surface area contributed by atoms with E-state index >= 15 is 0 Å². The van der Waals surface area contributed by atoms with Gasteiger partial charge < -0.3 is 20.4 Å². The number of nitrogens with one attached hydrogen (secondary N) is 3. The first kappa shape index (κ1) is 16.7. The molecule has 1 aromatic heterocycles. The van der Waals surface area contributed by atoms with Crippen LogP contribution in [-0.2, 0) is 6.42 Å². The normalized spacial score (nSPS) is 15.4. The molecule has 3 rings (SSSR count). The molecule has 1 fully saturated rings. The van der Waals surface area contributed by atoms with E-state index in [0.717, 1.165) is 36.2 Å². The van der Waals surface area contributed by atoms with Crippen molar-refractivity contribution in [1.29, 1.82) is 0 Å². The minimum absolute atomic E-state index is 0.0445. The Labute approximate surface area is 143 Å². The molecule has 1 aromatic carbocycles. The molecule has 1 aliphatic carbocycles. The first-order valence-electron chi connectivity index (χ1n) is 8.87. The molecule has 0 atom stereocenters. The zero-order chi connectivity index (χ0) is 16.9. The van der Waals surface area contributed by atoms with Gasteiger partial charge in [-0.05, 0) is 49.9 Å². The third kappa shape index (κ3) is 3.83. The number of ether oxygens (including phenoxy) is 1. The minimum Gasteiger partial charge on any atom is -0.497 e. The molecule has 0 bridgehead atoms. The number of carbonyl (C=O) groups is 1. The van der Waals surface area contributed by atoms with Gasteiger partial charge in [-0.2, -0.15) is 0 Å². The van der Waals surface area contributed by atoms with E-state index in [4.69, 9.17) is 4.74 Å². The van der Waals surface area contributed by atoms with Crippen LogP contribution in [0.3, 0.4) is 0 Å². The van der Waals surface area contributed by atoms with Gasteiger partial charge in [-0.3, -0.25) is 0 Å². The van der Waals surface area contributed by atoms with Crippen LogP contribution in [0.25, 0.3) is 10.9 Å². The maximum absolute atomic E-state index is 12.0. The molecule has 0 unspecified atom stereocenters. The molecule has 0 saturated heterocycles. The fourth-order valence-electron chi connectivity index (χ4n) is 3.60. The molecule has 2 amide bonds. The molecule has 0 radical (unpaired) electrons. The SMILES string of the molecule is COc1ccc2[nH]c(C)c(CCNC(=O)NC3CCCCC3)c2c1. The van der Waals surface area contributed by atoms with Crippen LogP contribution in [0.1, 0.15) is 43.4 Å².